The average molecular weight is 158 g/mol. The first kappa shape index (κ1) is 9.35. The van der Waals surface area contributed by atoms with Crippen LogP contribution in [0.2, 0.25) is 0 Å². The number of carboxylic acid groups (broad SMARTS) is 2. The van der Waals surface area contributed by atoms with Crippen LogP contribution in [-0.4, -0.2) is 27.9 Å². The molecule has 2 N–H and O–H groups in total. The summed E-state index contributed by atoms with van der Waals surface area (Å²) in [5, 5.41) is 16.1. The zero-order valence-electron chi connectivity index (χ0n) is 5.48. The van der Waals surface area contributed by atoms with Crippen LogP contribution in [0.1, 0.15) is 6.42 Å². The van der Waals surface area contributed by atoms with Crippen LogP contribution in [0.4, 0.5) is 0 Å². The fourth-order valence-corrected chi connectivity index (χ4v) is 0.338. The molecule has 0 unspecified atom stereocenters. The summed E-state index contributed by atoms with van der Waals surface area (Å²) in [7, 11) is 0. The Morgan fingerprint density at radius 1 is 1.18 bits per heavy atom. The molecule has 0 amide bonds. The van der Waals surface area contributed by atoms with Gasteiger partial charge in [0.1, 0.15) is 0 Å². The monoisotopic (exact) mass is 158 g/mol. The lowest BCUT2D eigenvalue weighted by atomic mass is 10.3. The molecule has 60 valence electrons. The second-order valence-electron chi connectivity index (χ2n) is 1.67. The van der Waals surface area contributed by atoms with E-state index in [1.165, 1.54) is 0 Å². The minimum atomic E-state index is -1.59. The summed E-state index contributed by atoms with van der Waals surface area (Å²) >= 11 is 0. The van der Waals surface area contributed by atoms with Gasteiger partial charge in [0.2, 0.25) is 0 Å². The first-order valence-corrected chi connectivity index (χ1v) is 2.69. The topological polar surface area (TPSA) is 91.7 Å². The molecule has 0 spiro atoms. The summed E-state index contributed by atoms with van der Waals surface area (Å²) in [6.45, 7) is 0. The Bertz CT molecular complexity index is 215. The molecular formula is C6H6O5. The van der Waals surface area contributed by atoms with Crippen LogP contribution in [0.3, 0.4) is 0 Å². The maximum Gasteiger partial charge on any atom is 0.376 e. The van der Waals surface area contributed by atoms with Gasteiger partial charge in [-0.2, -0.15) is 0 Å². The first-order chi connectivity index (χ1) is 5.04. The predicted octanol–water partition coefficient (Wildman–Crippen LogP) is -0.329. The van der Waals surface area contributed by atoms with Gasteiger partial charge in [-0.1, -0.05) is 6.08 Å². The molecule has 0 atom stereocenters. The maximum absolute atomic E-state index is 10.2. The Labute approximate surface area is 61.9 Å². The summed E-state index contributed by atoms with van der Waals surface area (Å²) in [6.07, 6.45) is 1.36. The number of ketones is 1. The van der Waals surface area contributed by atoms with Crippen molar-refractivity contribution < 1.29 is 24.6 Å². The molecule has 0 aromatic heterocycles. The molecule has 0 saturated heterocycles. The van der Waals surface area contributed by atoms with Crippen molar-refractivity contribution >= 4 is 17.7 Å². The van der Waals surface area contributed by atoms with Crippen LogP contribution in [-0.2, 0) is 14.4 Å². The molecule has 0 aliphatic rings. The molecule has 0 heterocycles. The van der Waals surface area contributed by atoms with Gasteiger partial charge in [0, 0.05) is 0 Å². The van der Waals surface area contributed by atoms with Gasteiger partial charge < -0.3 is 10.2 Å². The predicted molar refractivity (Wildman–Crippen MR) is 34.0 cm³/mol. The van der Waals surface area contributed by atoms with Crippen LogP contribution in [0, 0.1) is 0 Å². The van der Waals surface area contributed by atoms with Crippen LogP contribution < -0.4 is 0 Å². The van der Waals surface area contributed by atoms with Gasteiger partial charge in [-0.25, -0.2) is 4.79 Å². The van der Waals surface area contributed by atoms with E-state index in [4.69, 9.17) is 10.2 Å². The first-order valence-electron chi connectivity index (χ1n) is 2.69. The number of hydrogen-bond acceptors (Lipinski definition) is 3. The number of carbonyl (C=O) groups excluding carboxylic acids is 1. The number of rotatable bonds is 4. The van der Waals surface area contributed by atoms with Crippen molar-refractivity contribution in [1.29, 1.82) is 0 Å². The van der Waals surface area contributed by atoms with E-state index >= 15 is 0 Å². The lowest BCUT2D eigenvalue weighted by molar-refractivity contribution is -0.146. The SMILES string of the molecule is O=C(O)C/C=C\C(=O)C(=O)O. The second-order valence-corrected chi connectivity index (χ2v) is 1.67. The molecule has 0 bridgehead atoms. The van der Waals surface area contributed by atoms with Gasteiger partial charge >= 0.3 is 11.9 Å². The number of aliphatic carboxylic acids is 2. The lowest BCUT2D eigenvalue weighted by Crippen LogP contribution is -2.08. The number of carbonyl (C=O) groups is 3. The zero-order valence-corrected chi connectivity index (χ0v) is 5.48. The van der Waals surface area contributed by atoms with Crippen LogP contribution >= 0.6 is 0 Å². The minimum absolute atomic E-state index is 0.348. The third-order valence-corrected chi connectivity index (χ3v) is 0.772. The van der Waals surface area contributed by atoms with Crippen molar-refractivity contribution in [2.24, 2.45) is 0 Å². The van der Waals surface area contributed by atoms with E-state index in [-0.39, 0.29) is 6.42 Å². The maximum atomic E-state index is 10.2. The summed E-state index contributed by atoms with van der Waals surface area (Å²) < 4.78 is 0. The van der Waals surface area contributed by atoms with E-state index in [1.54, 1.807) is 0 Å². The third-order valence-electron chi connectivity index (χ3n) is 0.772. The van der Waals surface area contributed by atoms with Gasteiger partial charge in [-0.05, 0) is 6.08 Å². The minimum Gasteiger partial charge on any atom is -0.481 e. The summed E-state index contributed by atoms with van der Waals surface area (Å²) in [4.78, 5) is 29.9. The molecule has 5 heteroatoms. The molecule has 11 heavy (non-hydrogen) atoms. The Morgan fingerprint density at radius 2 is 1.73 bits per heavy atom. The average Bonchev–Trinajstić information content (AvgIpc) is 1.86. The Hall–Kier alpha value is -1.65. The van der Waals surface area contributed by atoms with Gasteiger partial charge in [0.25, 0.3) is 5.78 Å². The van der Waals surface area contributed by atoms with E-state index in [0.717, 1.165) is 12.2 Å². The molecule has 5 nitrogen and oxygen atoms in total. The summed E-state index contributed by atoms with van der Waals surface area (Å²) in [5.74, 6) is -3.82. The highest BCUT2D eigenvalue weighted by Crippen LogP contribution is 1.83. The lowest BCUT2D eigenvalue weighted by Gasteiger charge is -1.83. The summed E-state index contributed by atoms with van der Waals surface area (Å²) in [5.41, 5.74) is 0. The van der Waals surface area contributed by atoms with Crippen LogP contribution in [0.5, 0.6) is 0 Å². The van der Waals surface area contributed by atoms with Crippen LogP contribution in [0.25, 0.3) is 0 Å². The standard InChI is InChI=1S/C6H6O5/c7-4(6(10)11)2-1-3-5(8)9/h1-2H,3H2,(H,8,9)(H,10,11)/b2-1-. The molecule has 0 saturated carbocycles. The van der Waals surface area contributed by atoms with Gasteiger partial charge in [-0.3, -0.25) is 9.59 Å². The smallest absolute Gasteiger partial charge is 0.376 e. The van der Waals surface area contributed by atoms with Crippen LogP contribution in [0.15, 0.2) is 12.2 Å². The van der Waals surface area contributed by atoms with Crippen molar-refractivity contribution in [2.75, 3.05) is 0 Å². The van der Waals surface area contributed by atoms with Gasteiger partial charge in [-0.15, -0.1) is 0 Å². The largest absolute Gasteiger partial charge is 0.481 e. The normalized spacial score (nSPS) is 9.82. The fourth-order valence-electron chi connectivity index (χ4n) is 0.338. The second kappa shape index (κ2) is 4.21. The highest BCUT2D eigenvalue weighted by molar-refractivity contribution is 6.37. The van der Waals surface area contributed by atoms with Crippen molar-refractivity contribution in [2.45, 2.75) is 6.42 Å². The quantitative estimate of drug-likeness (QED) is 0.431. The van der Waals surface area contributed by atoms with E-state index in [1.807, 2.05) is 0 Å². The molecular weight excluding hydrogens is 152 g/mol. The van der Waals surface area contributed by atoms with Crippen molar-refractivity contribution in [3.63, 3.8) is 0 Å². The van der Waals surface area contributed by atoms with Crippen molar-refractivity contribution in [3.8, 4) is 0 Å². The molecule has 0 rings (SSSR count). The molecule has 0 radical (unpaired) electrons. The highest BCUT2D eigenvalue weighted by atomic mass is 16.4. The van der Waals surface area contributed by atoms with Crippen molar-refractivity contribution in [1.82, 2.24) is 0 Å². The van der Waals surface area contributed by atoms with Gasteiger partial charge in [0.05, 0.1) is 6.42 Å². The van der Waals surface area contributed by atoms with E-state index in [9.17, 15) is 14.4 Å². The Kier molecular flexibility index (Phi) is 3.58. The molecule has 0 aliphatic carbocycles. The number of carboxylic acids is 2. The summed E-state index contributed by atoms with van der Waals surface area (Å²) in [6, 6.07) is 0. The highest BCUT2D eigenvalue weighted by Gasteiger charge is 2.05. The van der Waals surface area contributed by atoms with Crippen molar-refractivity contribution in [3.05, 3.63) is 12.2 Å². The molecule has 0 aliphatic heterocycles. The molecule has 0 aromatic rings. The van der Waals surface area contributed by atoms with Gasteiger partial charge in [0.15, 0.2) is 0 Å². The number of hydrogen-bond donors (Lipinski definition) is 2. The molecule has 0 fully saturated rings. The van der Waals surface area contributed by atoms with E-state index in [0.29, 0.717) is 0 Å². The third kappa shape index (κ3) is 4.83. The van der Waals surface area contributed by atoms with E-state index < -0.39 is 17.7 Å². The zero-order chi connectivity index (χ0) is 8.85. The fraction of sp³-hybridized carbons (Fsp3) is 0.167. The van der Waals surface area contributed by atoms with E-state index in [2.05, 4.69) is 0 Å². The Morgan fingerprint density at radius 3 is 2.09 bits per heavy atom. The Balaban J connectivity index is 3.84. The molecule has 0 aromatic carbocycles.